The van der Waals surface area contributed by atoms with E-state index < -0.39 is 23.4 Å². The molecule has 0 spiro atoms. The number of nitrogens with one attached hydrogen (secondary N) is 2. The lowest BCUT2D eigenvalue weighted by Crippen LogP contribution is -2.54. The number of aromatic amines is 1. The number of unbranched alkanes of at least 4 members (excludes halogenated alkanes) is 1. The molecule has 1 aliphatic heterocycles. The molecule has 0 aliphatic carbocycles. The fraction of sp³-hybridized carbons (Fsp3) is 0.421. The van der Waals surface area contributed by atoms with Gasteiger partial charge in [0.15, 0.2) is 0 Å². The van der Waals surface area contributed by atoms with Crippen LogP contribution in [0.4, 0.5) is 8.78 Å². The average molecular weight is 392 g/mol. The summed E-state index contributed by atoms with van der Waals surface area (Å²) in [6.07, 6.45) is 1.72. The summed E-state index contributed by atoms with van der Waals surface area (Å²) < 4.78 is 27.1. The van der Waals surface area contributed by atoms with E-state index in [0.717, 1.165) is 25.0 Å². The van der Waals surface area contributed by atoms with Crippen molar-refractivity contribution in [3.05, 3.63) is 35.5 Å². The second-order valence-corrected chi connectivity index (χ2v) is 6.73. The number of carbonyl (C=O) groups is 3. The van der Waals surface area contributed by atoms with Crippen LogP contribution in [0.25, 0.3) is 10.9 Å². The third-order valence-electron chi connectivity index (χ3n) is 4.75. The van der Waals surface area contributed by atoms with Crippen molar-refractivity contribution >= 4 is 28.6 Å². The van der Waals surface area contributed by atoms with Crippen LogP contribution in [0.1, 0.15) is 30.3 Å². The Hall–Kier alpha value is -2.97. The molecule has 3 amide bonds. The minimum atomic E-state index is -0.741. The number of amides is 3. The molecule has 28 heavy (non-hydrogen) atoms. The van der Waals surface area contributed by atoms with Crippen molar-refractivity contribution in [3.8, 4) is 0 Å². The van der Waals surface area contributed by atoms with E-state index in [1.54, 1.807) is 0 Å². The van der Waals surface area contributed by atoms with Gasteiger partial charge in [0.1, 0.15) is 17.3 Å². The third kappa shape index (κ3) is 4.13. The Balaban J connectivity index is 1.60. The first-order chi connectivity index (χ1) is 13.4. The smallest absolute Gasteiger partial charge is 0.312 e. The number of benzene rings is 1. The van der Waals surface area contributed by atoms with Crippen LogP contribution in [0, 0.1) is 11.6 Å². The van der Waals surface area contributed by atoms with Crippen LogP contribution in [-0.2, 0) is 9.59 Å². The molecule has 2 aromatic rings. The molecule has 9 heteroatoms. The molecule has 0 saturated carbocycles. The molecule has 0 bridgehead atoms. The number of carbonyl (C=O) groups excluding carboxylic acids is 3. The van der Waals surface area contributed by atoms with Crippen molar-refractivity contribution in [3.63, 3.8) is 0 Å². The standard InChI is InChI=1S/C19H22F2N4O3/c1-2-3-4-22-17(26)19(28)25-7-5-24(6-8-25)18(27)16-11-13-14(21)9-12(20)10-15(13)23-16/h9-11,23H,2-8H2,1H3,(H,22,26). The van der Waals surface area contributed by atoms with Crippen LogP contribution in [0.3, 0.4) is 0 Å². The van der Waals surface area contributed by atoms with Gasteiger partial charge >= 0.3 is 11.8 Å². The fourth-order valence-electron chi connectivity index (χ4n) is 3.16. The van der Waals surface area contributed by atoms with E-state index in [4.69, 9.17) is 0 Å². The minimum Gasteiger partial charge on any atom is -0.350 e. The predicted octanol–water partition coefficient (Wildman–Crippen LogP) is 1.65. The maximum Gasteiger partial charge on any atom is 0.312 e. The number of hydrogen-bond acceptors (Lipinski definition) is 3. The third-order valence-corrected chi connectivity index (χ3v) is 4.75. The van der Waals surface area contributed by atoms with Gasteiger partial charge in [0.25, 0.3) is 5.91 Å². The maximum absolute atomic E-state index is 13.8. The molecule has 0 atom stereocenters. The van der Waals surface area contributed by atoms with Crippen LogP contribution in [0.15, 0.2) is 18.2 Å². The zero-order valence-corrected chi connectivity index (χ0v) is 15.6. The molecular weight excluding hydrogens is 370 g/mol. The Kier molecular flexibility index (Phi) is 5.91. The van der Waals surface area contributed by atoms with Gasteiger partial charge in [-0.1, -0.05) is 13.3 Å². The Bertz CT molecular complexity index is 904. The lowest BCUT2D eigenvalue weighted by Gasteiger charge is -2.34. The lowest BCUT2D eigenvalue weighted by molar-refractivity contribution is -0.146. The molecule has 1 aliphatic rings. The van der Waals surface area contributed by atoms with E-state index >= 15 is 0 Å². The van der Waals surface area contributed by atoms with E-state index in [9.17, 15) is 23.2 Å². The first kappa shape index (κ1) is 19.8. The van der Waals surface area contributed by atoms with Gasteiger partial charge in [-0.15, -0.1) is 0 Å². The van der Waals surface area contributed by atoms with E-state index in [0.29, 0.717) is 6.54 Å². The molecule has 0 radical (unpaired) electrons. The molecule has 7 nitrogen and oxygen atoms in total. The van der Waals surface area contributed by atoms with Crippen LogP contribution in [0.5, 0.6) is 0 Å². The highest BCUT2D eigenvalue weighted by Crippen LogP contribution is 2.21. The fourth-order valence-corrected chi connectivity index (χ4v) is 3.16. The summed E-state index contributed by atoms with van der Waals surface area (Å²) in [5, 5.41) is 2.72. The van der Waals surface area contributed by atoms with Gasteiger partial charge < -0.3 is 20.1 Å². The number of nitrogens with zero attached hydrogens (tertiary/aromatic N) is 2. The van der Waals surface area contributed by atoms with Crippen molar-refractivity contribution in [1.82, 2.24) is 20.1 Å². The monoisotopic (exact) mass is 392 g/mol. The highest BCUT2D eigenvalue weighted by atomic mass is 19.1. The summed E-state index contributed by atoms with van der Waals surface area (Å²) in [5.41, 5.74) is 0.356. The first-order valence-corrected chi connectivity index (χ1v) is 9.25. The Morgan fingerprint density at radius 1 is 1.07 bits per heavy atom. The van der Waals surface area contributed by atoms with Crippen LogP contribution >= 0.6 is 0 Å². The van der Waals surface area contributed by atoms with Gasteiger partial charge in [-0.05, 0) is 18.6 Å². The van der Waals surface area contributed by atoms with E-state index in [1.807, 2.05) is 6.92 Å². The summed E-state index contributed by atoms with van der Waals surface area (Å²) in [6, 6.07) is 3.24. The zero-order chi connectivity index (χ0) is 20.3. The number of halogens is 2. The Morgan fingerprint density at radius 3 is 2.43 bits per heavy atom. The van der Waals surface area contributed by atoms with Crippen molar-refractivity contribution in [2.45, 2.75) is 19.8 Å². The topological polar surface area (TPSA) is 85.5 Å². The van der Waals surface area contributed by atoms with Gasteiger partial charge in [-0.3, -0.25) is 14.4 Å². The molecule has 1 fully saturated rings. The van der Waals surface area contributed by atoms with Gasteiger partial charge in [0.05, 0.1) is 5.52 Å². The summed E-state index contributed by atoms with van der Waals surface area (Å²) >= 11 is 0. The SMILES string of the molecule is CCCCNC(=O)C(=O)N1CCN(C(=O)c2cc3c(F)cc(F)cc3[nH]2)CC1. The maximum atomic E-state index is 13.8. The van der Waals surface area contributed by atoms with Crippen molar-refractivity contribution < 1.29 is 23.2 Å². The van der Waals surface area contributed by atoms with Crippen LogP contribution < -0.4 is 5.32 Å². The van der Waals surface area contributed by atoms with Crippen molar-refractivity contribution in [2.75, 3.05) is 32.7 Å². The highest BCUT2D eigenvalue weighted by molar-refractivity contribution is 6.35. The van der Waals surface area contributed by atoms with Gasteiger partial charge in [-0.25, -0.2) is 8.78 Å². The summed E-state index contributed by atoms with van der Waals surface area (Å²) in [4.78, 5) is 42.3. The summed E-state index contributed by atoms with van der Waals surface area (Å²) in [7, 11) is 0. The predicted molar refractivity (Wildman–Crippen MR) is 98.6 cm³/mol. The van der Waals surface area contributed by atoms with Gasteiger partial charge in [0.2, 0.25) is 0 Å². The Labute approximate surface area is 160 Å². The van der Waals surface area contributed by atoms with E-state index in [2.05, 4.69) is 10.3 Å². The number of piperazine rings is 1. The van der Waals surface area contributed by atoms with E-state index in [1.165, 1.54) is 15.9 Å². The zero-order valence-electron chi connectivity index (χ0n) is 15.6. The highest BCUT2D eigenvalue weighted by Gasteiger charge is 2.28. The lowest BCUT2D eigenvalue weighted by atomic mass is 10.2. The van der Waals surface area contributed by atoms with Gasteiger partial charge in [0, 0.05) is 44.2 Å². The Morgan fingerprint density at radius 2 is 1.75 bits per heavy atom. The average Bonchev–Trinajstić information content (AvgIpc) is 3.11. The van der Waals surface area contributed by atoms with Crippen LogP contribution in [-0.4, -0.2) is 65.2 Å². The molecule has 1 aromatic carbocycles. The molecule has 2 heterocycles. The normalized spacial score (nSPS) is 14.4. The van der Waals surface area contributed by atoms with Crippen LogP contribution in [0.2, 0.25) is 0 Å². The molecule has 3 rings (SSSR count). The first-order valence-electron chi connectivity index (χ1n) is 9.25. The van der Waals surface area contributed by atoms with Gasteiger partial charge in [-0.2, -0.15) is 0 Å². The molecule has 1 aromatic heterocycles. The van der Waals surface area contributed by atoms with Crippen molar-refractivity contribution in [1.29, 1.82) is 0 Å². The molecule has 1 saturated heterocycles. The largest absolute Gasteiger partial charge is 0.350 e. The quantitative estimate of drug-likeness (QED) is 0.613. The number of fused-ring (bicyclic) bond motifs is 1. The minimum absolute atomic E-state index is 0.141. The number of hydrogen-bond donors (Lipinski definition) is 2. The summed E-state index contributed by atoms with van der Waals surface area (Å²) in [5.74, 6) is -3.08. The molecule has 150 valence electrons. The number of aromatic nitrogens is 1. The number of H-pyrrole nitrogens is 1. The second kappa shape index (κ2) is 8.37. The molecule has 0 unspecified atom stereocenters. The van der Waals surface area contributed by atoms with Crippen molar-refractivity contribution in [2.24, 2.45) is 0 Å². The number of rotatable bonds is 4. The molecule has 2 N–H and O–H groups in total. The molecular formula is C19H22F2N4O3. The second-order valence-electron chi connectivity index (χ2n) is 6.73. The summed E-state index contributed by atoms with van der Waals surface area (Å²) in [6.45, 7) is 3.40. The van der Waals surface area contributed by atoms with E-state index in [-0.39, 0.29) is 48.7 Å².